The van der Waals surface area contributed by atoms with Gasteiger partial charge in [-0.15, -0.1) is 0 Å². The third-order valence-electron chi connectivity index (χ3n) is 10.3. The van der Waals surface area contributed by atoms with Crippen molar-refractivity contribution >= 4 is 18.0 Å². The molecule has 1 unspecified atom stereocenters. The first-order valence-corrected chi connectivity index (χ1v) is 17.9. The molecule has 0 aromatic carbocycles. The van der Waals surface area contributed by atoms with Crippen LogP contribution in [-0.2, 0) is 28.5 Å². The first-order chi connectivity index (χ1) is 23.5. The number of methoxy groups -OCH3 is 1. The lowest BCUT2D eigenvalue weighted by Crippen LogP contribution is -2.54. The number of epoxide rings is 1. The molecule has 0 aliphatic carbocycles. The van der Waals surface area contributed by atoms with Crippen LogP contribution in [0, 0.1) is 11.8 Å². The highest BCUT2D eigenvalue weighted by molar-refractivity contribution is 5.70. The summed E-state index contributed by atoms with van der Waals surface area (Å²) >= 11 is 0. The fourth-order valence-electron chi connectivity index (χ4n) is 6.67. The maximum absolute atomic E-state index is 13.5. The van der Waals surface area contributed by atoms with Crippen LogP contribution in [-0.4, -0.2) is 124 Å². The molecule has 0 saturated carbocycles. The normalized spacial score (nSPS) is 34.4. The standard InChI is InChI=1S/C37H60N2O11/c1-8-28(41)25(4)34-29(48-34)21-36(5,46)16-9-10-23(2)33-24(3)11-13-30(37(6,47-7)17-15-27(40)20-32(44)50-33)49-35(45)39-19-18-38-26(22-39)12-14-31(42)43/h9-11,13,16,24-30,33-34,38,40-41,46H,8,12,14-15,17-22H2,1-7H3,(H,42,43)/b13-11-,16-9+,23-10+/t24-,25+,26?,27-,28+,29+,30-,33+,34-,36+,37-/m0/s1. The van der Waals surface area contributed by atoms with Gasteiger partial charge in [-0.05, 0) is 58.1 Å². The molecule has 11 atom stereocenters. The third-order valence-corrected chi connectivity index (χ3v) is 10.3. The van der Waals surface area contributed by atoms with Gasteiger partial charge in [-0.2, -0.15) is 0 Å². The molecule has 0 radical (unpaired) electrons. The molecule has 3 rings (SSSR count). The second-order valence-electron chi connectivity index (χ2n) is 14.7. The van der Waals surface area contributed by atoms with Crippen molar-refractivity contribution in [3.63, 3.8) is 0 Å². The van der Waals surface area contributed by atoms with E-state index < -0.39 is 53.6 Å². The monoisotopic (exact) mass is 708 g/mol. The Morgan fingerprint density at radius 2 is 2.02 bits per heavy atom. The summed E-state index contributed by atoms with van der Waals surface area (Å²) in [5.41, 5.74) is -1.50. The van der Waals surface area contributed by atoms with E-state index in [1.807, 2.05) is 33.8 Å². The molecule has 2 fully saturated rings. The van der Waals surface area contributed by atoms with Gasteiger partial charge in [0.15, 0.2) is 6.10 Å². The number of rotatable bonds is 13. The maximum atomic E-state index is 13.5. The number of ether oxygens (including phenoxy) is 4. The molecule has 3 heterocycles. The summed E-state index contributed by atoms with van der Waals surface area (Å²) < 4.78 is 23.6. The minimum Gasteiger partial charge on any atom is -0.481 e. The molecule has 0 aromatic rings. The highest BCUT2D eigenvalue weighted by Gasteiger charge is 2.47. The van der Waals surface area contributed by atoms with Crippen molar-refractivity contribution in [3.05, 3.63) is 36.0 Å². The van der Waals surface area contributed by atoms with Crippen LogP contribution in [0.15, 0.2) is 36.0 Å². The highest BCUT2D eigenvalue weighted by Crippen LogP contribution is 2.37. The van der Waals surface area contributed by atoms with Crippen LogP contribution in [0.4, 0.5) is 4.79 Å². The largest absolute Gasteiger partial charge is 0.481 e. The van der Waals surface area contributed by atoms with Crippen molar-refractivity contribution < 1.29 is 53.8 Å². The van der Waals surface area contributed by atoms with Crippen molar-refractivity contribution in [3.8, 4) is 0 Å². The number of nitrogens with one attached hydrogen (secondary N) is 1. The molecular weight excluding hydrogens is 648 g/mol. The third kappa shape index (κ3) is 12.4. The molecule has 13 nitrogen and oxygen atoms in total. The van der Waals surface area contributed by atoms with Crippen LogP contribution in [0.1, 0.15) is 86.5 Å². The molecule has 5 N–H and O–H groups in total. The zero-order valence-electron chi connectivity index (χ0n) is 30.7. The number of carboxylic acid groups (broad SMARTS) is 1. The van der Waals surface area contributed by atoms with Gasteiger partial charge in [-0.3, -0.25) is 9.59 Å². The number of cyclic esters (lactones) is 1. The molecule has 0 bridgehead atoms. The number of hydrogen-bond donors (Lipinski definition) is 5. The van der Waals surface area contributed by atoms with Crippen molar-refractivity contribution in [1.29, 1.82) is 0 Å². The van der Waals surface area contributed by atoms with E-state index in [4.69, 9.17) is 24.1 Å². The number of allylic oxidation sites excluding steroid dienone is 2. The number of aliphatic hydroxyl groups is 3. The summed E-state index contributed by atoms with van der Waals surface area (Å²) in [6.07, 6.45) is 6.52. The van der Waals surface area contributed by atoms with Gasteiger partial charge in [-0.1, -0.05) is 45.1 Å². The van der Waals surface area contributed by atoms with E-state index in [2.05, 4.69) is 5.32 Å². The van der Waals surface area contributed by atoms with E-state index in [1.54, 1.807) is 43.1 Å². The predicted octanol–water partition coefficient (Wildman–Crippen LogP) is 3.50. The average Bonchev–Trinajstić information content (AvgIpc) is 3.83. The van der Waals surface area contributed by atoms with Gasteiger partial charge < -0.3 is 49.6 Å². The van der Waals surface area contributed by atoms with E-state index in [0.29, 0.717) is 44.5 Å². The van der Waals surface area contributed by atoms with E-state index >= 15 is 0 Å². The van der Waals surface area contributed by atoms with Crippen molar-refractivity contribution in [2.45, 2.75) is 140 Å². The van der Waals surface area contributed by atoms with Crippen LogP contribution in [0.3, 0.4) is 0 Å². The number of hydrogen-bond acceptors (Lipinski definition) is 11. The van der Waals surface area contributed by atoms with Gasteiger partial charge in [0.1, 0.15) is 11.7 Å². The molecule has 0 spiro atoms. The Bertz CT molecular complexity index is 1240. The molecule has 3 aliphatic heterocycles. The quantitative estimate of drug-likeness (QED) is 0.0813. The highest BCUT2D eigenvalue weighted by atomic mass is 16.6. The van der Waals surface area contributed by atoms with Crippen LogP contribution >= 0.6 is 0 Å². The smallest absolute Gasteiger partial charge is 0.410 e. The van der Waals surface area contributed by atoms with Crippen LogP contribution < -0.4 is 5.32 Å². The molecule has 1 amide bonds. The minimum atomic E-state index is -1.17. The van der Waals surface area contributed by atoms with E-state index in [-0.39, 0.29) is 55.8 Å². The van der Waals surface area contributed by atoms with E-state index in [9.17, 15) is 29.7 Å². The first-order valence-electron chi connectivity index (χ1n) is 17.9. The van der Waals surface area contributed by atoms with E-state index in [0.717, 1.165) is 0 Å². The molecule has 50 heavy (non-hydrogen) atoms. The molecular formula is C37H60N2O11. The SMILES string of the molecule is CC[C@@H](O)[C@@H](C)[C@@H]1O[C@@H]1C[C@](C)(O)/C=C/C=C(\C)[C@H]1OC(=O)C[C@@H](O)CC[C@](C)(OC)[C@@H](OC(=O)N2CCNC(CCC(=O)O)C2)/C=C\[C@@H]1C. The summed E-state index contributed by atoms with van der Waals surface area (Å²) in [6, 6.07) is -0.173. The number of aliphatic carboxylic acids is 1. The van der Waals surface area contributed by atoms with Gasteiger partial charge in [0.25, 0.3) is 0 Å². The van der Waals surface area contributed by atoms with Crippen LogP contribution in [0.2, 0.25) is 0 Å². The number of nitrogens with zero attached hydrogens (tertiary/aromatic N) is 1. The lowest BCUT2D eigenvalue weighted by Gasteiger charge is -2.38. The Kier molecular flexibility index (Phi) is 15.5. The number of carbonyl (C=O) groups excluding carboxylic acids is 2. The second-order valence-corrected chi connectivity index (χ2v) is 14.7. The summed E-state index contributed by atoms with van der Waals surface area (Å²) in [4.78, 5) is 39.0. The Morgan fingerprint density at radius 3 is 2.68 bits per heavy atom. The maximum Gasteiger partial charge on any atom is 0.410 e. The van der Waals surface area contributed by atoms with Gasteiger partial charge in [0.05, 0.1) is 36.4 Å². The molecule has 3 aliphatic rings. The summed E-state index contributed by atoms with van der Waals surface area (Å²) in [6.45, 7) is 12.3. The van der Waals surface area contributed by atoms with Gasteiger partial charge >= 0.3 is 18.0 Å². The second kappa shape index (κ2) is 18.6. The molecule has 13 heteroatoms. The van der Waals surface area contributed by atoms with Crippen molar-refractivity contribution in [1.82, 2.24) is 10.2 Å². The lowest BCUT2D eigenvalue weighted by atomic mass is 9.88. The first kappa shape index (κ1) is 41.6. The Labute approximate surface area is 296 Å². The van der Waals surface area contributed by atoms with Crippen molar-refractivity contribution in [2.75, 3.05) is 26.7 Å². The lowest BCUT2D eigenvalue weighted by molar-refractivity contribution is -0.151. The molecule has 284 valence electrons. The van der Waals surface area contributed by atoms with Crippen LogP contribution in [0.25, 0.3) is 0 Å². The van der Waals surface area contributed by atoms with Crippen molar-refractivity contribution in [2.24, 2.45) is 11.8 Å². The fraction of sp³-hybridized carbons (Fsp3) is 0.757. The van der Waals surface area contributed by atoms with Gasteiger partial charge in [0, 0.05) is 57.5 Å². The number of piperazine rings is 1. The predicted molar refractivity (Wildman–Crippen MR) is 186 cm³/mol. The number of carboxylic acids is 1. The summed E-state index contributed by atoms with van der Waals surface area (Å²) in [7, 11) is 1.51. The molecule has 0 aromatic heterocycles. The van der Waals surface area contributed by atoms with Crippen LogP contribution in [0.5, 0.6) is 0 Å². The van der Waals surface area contributed by atoms with Gasteiger partial charge in [-0.25, -0.2) is 4.79 Å². The summed E-state index contributed by atoms with van der Waals surface area (Å²) in [5.74, 6) is -1.85. The zero-order valence-corrected chi connectivity index (χ0v) is 30.7. The molecule has 2 saturated heterocycles. The minimum absolute atomic E-state index is 0.0112. The topological polar surface area (TPSA) is 188 Å². The summed E-state index contributed by atoms with van der Waals surface area (Å²) in [5, 5.41) is 44.3. The number of esters is 1. The average molecular weight is 709 g/mol. The number of carbonyl (C=O) groups is 3. The Morgan fingerprint density at radius 1 is 1.30 bits per heavy atom. The number of amides is 1. The number of aliphatic hydroxyl groups excluding tert-OH is 2. The Balaban J connectivity index is 1.77. The van der Waals surface area contributed by atoms with E-state index in [1.165, 1.54) is 7.11 Å². The van der Waals surface area contributed by atoms with Gasteiger partial charge in [0.2, 0.25) is 0 Å². The zero-order chi connectivity index (χ0) is 37.2. The Hall–Kier alpha value is -2.81. The fourth-order valence-corrected chi connectivity index (χ4v) is 6.67.